The molecule has 0 fully saturated rings. The lowest BCUT2D eigenvalue weighted by atomic mass is 10.0. The van der Waals surface area contributed by atoms with Gasteiger partial charge in [-0.3, -0.25) is 19.8 Å². The normalized spacial score (nSPS) is 11.0. The molecule has 1 N–H and O–H groups in total. The number of benzene rings is 1. The van der Waals surface area contributed by atoms with E-state index in [-0.39, 0.29) is 11.4 Å². The first kappa shape index (κ1) is 16.1. The maximum Gasteiger partial charge on any atom is 0.329 e. The summed E-state index contributed by atoms with van der Waals surface area (Å²) in [5.41, 5.74) is -2.01. The molecule has 0 aromatic heterocycles. The third kappa shape index (κ3) is 2.96. The smallest absolute Gasteiger partial charge is 0.329 e. The number of aliphatic carboxylic acids is 1. The van der Waals surface area contributed by atoms with Gasteiger partial charge in [-0.05, 0) is 26.0 Å². The molecule has 1 aromatic rings. The van der Waals surface area contributed by atoms with Crippen LogP contribution in [-0.2, 0) is 9.59 Å². The Balaban J connectivity index is 3.59. The third-order valence-electron chi connectivity index (χ3n) is 2.77. The number of carbonyl (C=O) groups is 2. The van der Waals surface area contributed by atoms with Crippen LogP contribution in [-0.4, -0.2) is 27.4 Å². The fourth-order valence-corrected chi connectivity index (χ4v) is 2.14. The number of hydrogen-bond acceptors (Lipinski definition) is 4. The van der Waals surface area contributed by atoms with Gasteiger partial charge >= 0.3 is 5.97 Å². The molecular weight excluding hydrogens is 332 g/mol. The van der Waals surface area contributed by atoms with Crippen molar-refractivity contribution in [2.24, 2.45) is 0 Å². The Morgan fingerprint density at radius 1 is 1.40 bits per heavy atom. The van der Waals surface area contributed by atoms with Crippen LogP contribution in [0.15, 0.2) is 22.7 Å². The average Bonchev–Trinajstić information content (AvgIpc) is 2.27. The zero-order chi connectivity index (χ0) is 15.7. The van der Waals surface area contributed by atoms with Crippen LogP contribution in [0.2, 0.25) is 0 Å². The maximum atomic E-state index is 11.8. The summed E-state index contributed by atoms with van der Waals surface area (Å²) in [6.07, 6.45) is 0. The second-order valence-electron chi connectivity index (χ2n) is 4.61. The summed E-state index contributed by atoms with van der Waals surface area (Å²) in [6.45, 7) is 3.78. The molecule has 8 heteroatoms. The van der Waals surface area contributed by atoms with E-state index < -0.39 is 22.3 Å². The van der Waals surface area contributed by atoms with Crippen LogP contribution in [0.1, 0.15) is 20.8 Å². The van der Waals surface area contributed by atoms with Crippen LogP contribution in [0.3, 0.4) is 0 Å². The number of carbonyl (C=O) groups excluding carboxylic acids is 1. The van der Waals surface area contributed by atoms with Gasteiger partial charge in [-0.15, -0.1) is 0 Å². The fraction of sp³-hybridized carbons (Fsp3) is 0.333. The highest BCUT2D eigenvalue weighted by molar-refractivity contribution is 9.10. The highest BCUT2D eigenvalue weighted by atomic mass is 79.9. The molecule has 7 nitrogen and oxygen atoms in total. The van der Waals surface area contributed by atoms with Crippen LogP contribution in [0, 0.1) is 10.1 Å². The summed E-state index contributed by atoms with van der Waals surface area (Å²) < 4.78 is 0.505. The number of carboxylic acids is 1. The molecule has 0 heterocycles. The lowest BCUT2D eigenvalue weighted by Crippen LogP contribution is -2.53. The third-order valence-corrected chi connectivity index (χ3v) is 3.27. The molecule has 0 radical (unpaired) electrons. The Morgan fingerprint density at radius 2 is 1.95 bits per heavy atom. The molecule has 20 heavy (non-hydrogen) atoms. The van der Waals surface area contributed by atoms with E-state index in [0.29, 0.717) is 4.47 Å². The van der Waals surface area contributed by atoms with Crippen LogP contribution in [0.4, 0.5) is 11.4 Å². The average molecular weight is 345 g/mol. The van der Waals surface area contributed by atoms with Gasteiger partial charge in [-0.25, -0.2) is 4.79 Å². The van der Waals surface area contributed by atoms with Gasteiger partial charge in [-0.2, -0.15) is 0 Å². The van der Waals surface area contributed by atoms with Crippen molar-refractivity contribution >= 4 is 39.2 Å². The number of anilines is 1. The zero-order valence-corrected chi connectivity index (χ0v) is 12.7. The van der Waals surface area contributed by atoms with Crippen molar-refractivity contribution in [3.05, 3.63) is 32.8 Å². The molecule has 0 spiro atoms. The number of nitrogens with zero attached hydrogens (tertiary/aromatic N) is 2. The Morgan fingerprint density at radius 3 is 2.35 bits per heavy atom. The van der Waals surface area contributed by atoms with Crippen LogP contribution in [0.25, 0.3) is 0 Å². The molecule has 0 bridgehead atoms. The lowest BCUT2D eigenvalue weighted by molar-refractivity contribution is -0.384. The molecule has 1 rings (SSSR count). The molecule has 0 aliphatic rings. The van der Waals surface area contributed by atoms with E-state index >= 15 is 0 Å². The van der Waals surface area contributed by atoms with Gasteiger partial charge in [-0.1, -0.05) is 15.9 Å². The summed E-state index contributed by atoms with van der Waals surface area (Å²) >= 11 is 3.16. The molecule has 0 aliphatic carbocycles. The topological polar surface area (TPSA) is 101 Å². The molecule has 1 aromatic carbocycles. The van der Waals surface area contributed by atoms with Crippen molar-refractivity contribution in [3.8, 4) is 0 Å². The first-order chi connectivity index (χ1) is 9.09. The second kappa shape index (κ2) is 5.58. The molecule has 0 unspecified atom stereocenters. The number of nitro groups is 1. The number of carboxylic acid groups (broad SMARTS) is 1. The predicted molar refractivity (Wildman–Crippen MR) is 75.7 cm³/mol. The highest BCUT2D eigenvalue weighted by Crippen LogP contribution is 2.35. The summed E-state index contributed by atoms with van der Waals surface area (Å²) in [4.78, 5) is 34.4. The predicted octanol–water partition coefficient (Wildman–Crippen LogP) is 2.57. The van der Waals surface area contributed by atoms with E-state index in [1.807, 2.05) is 0 Å². The van der Waals surface area contributed by atoms with Gasteiger partial charge in [0, 0.05) is 17.5 Å². The standard InChI is InChI=1S/C12H13BrN2O5/c1-7(16)14(12(2,3)11(17)18)10-6-8(13)4-5-9(10)15(19)20/h4-6H,1-3H3,(H,17,18). The summed E-state index contributed by atoms with van der Waals surface area (Å²) in [5.74, 6) is -1.86. The van der Waals surface area contributed by atoms with Gasteiger partial charge in [0.1, 0.15) is 11.2 Å². The molecule has 0 saturated carbocycles. The van der Waals surface area contributed by atoms with Gasteiger partial charge in [0.05, 0.1) is 4.92 Å². The van der Waals surface area contributed by atoms with E-state index in [0.717, 1.165) is 11.8 Å². The van der Waals surface area contributed by atoms with Crippen molar-refractivity contribution in [2.45, 2.75) is 26.3 Å². The Hall–Kier alpha value is -1.96. The minimum absolute atomic E-state index is 0.0655. The van der Waals surface area contributed by atoms with Crippen molar-refractivity contribution in [1.82, 2.24) is 0 Å². The monoisotopic (exact) mass is 344 g/mol. The lowest BCUT2D eigenvalue weighted by Gasteiger charge is -2.33. The van der Waals surface area contributed by atoms with E-state index in [9.17, 15) is 24.8 Å². The minimum atomic E-state index is -1.61. The highest BCUT2D eigenvalue weighted by Gasteiger charge is 2.40. The Kier molecular flexibility index (Phi) is 4.49. The van der Waals surface area contributed by atoms with Gasteiger partial charge < -0.3 is 5.11 Å². The minimum Gasteiger partial charge on any atom is -0.480 e. The fourth-order valence-electron chi connectivity index (χ4n) is 1.79. The molecule has 0 atom stereocenters. The largest absolute Gasteiger partial charge is 0.480 e. The number of hydrogen-bond donors (Lipinski definition) is 1. The van der Waals surface area contributed by atoms with E-state index in [2.05, 4.69) is 15.9 Å². The van der Waals surface area contributed by atoms with Crippen molar-refractivity contribution < 1.29 is 19.6 Å². The van der Waals surface area contributed by atoms with E-state index in [1.165, 1.54) is 32.0 Å². The van der Waals surface area contributed by atoms with Crippen molar-refractivity contribution in [2.75, 3.05) is 4.90 Å². The second-order valence-corrected chi connectivity index (χ2v) is 5.52. The van der Waals surface area contributed by atoms with Gasteiger partial charge in [0.2, 0.25) is 5.91 Å². The summed E-state index contributed by atoms with van der Waals surface area (Å²) in [5, 5.41) is 20.3. The Labute approximate surface area is 123 Å². The van der Waals surface area contributed by atoms with Crippen molar-refractivity contribution in [3.63, 3.8) is 0 Å². The number of amides is 1. The number of nitro benzene ring substituents is 1. The number of rotatable bonds is 4. The zero-order valence-electron chi connectivity index (χ0n) is 11.1. The maximum absolute atomic E-state index is 11.8. The van der Waals surface area contributed by atoms with Crippen LogP contribution < -0.4 is 4.90 Å². The number of halogens is 1. The quantitative estimate of drug-likeness (QED) is 0.668. The summed E-state index contributed by atoms with van der Waals surface area (Å²) in [7, 11) is 0. The molecule has 0 saturated heterocycles. The van der Waals surface area contributed by atoms with Crippen LogP contribution in [0.5, 0.6) is 0 Å². The SMILES string of the molecule is CC(=O)N(c1cc(Br)ccc1[N+](=O)[O-])C(C)(C)C(=O)O. The molecule has 0 aliphatic heterocycles. The molecule has 108 valence electrons. The Bertz CT molecular complexity index is 585. The molecular formula is C12H13BrN2O5. The van der Waals surface area contributed by atoms with Crippen LogP contribution >= 0.6 is 15.9 Å². The summed E-state index contributed by atoms with van der Waals surface area (Å²) in [6, 6.07) is 4.02. The first-order valence-electron chi connectivity index (χ1n) is 5.57. The van der Waals surface area contributed by atoms with Gasteiger partial charge in [0.15, 0.2) is 0 Å². The van der Waals surface area contributed by atoms with E-state index in [4.69, 9.17) is 0 Å². The van der Waals surface area contributed by atoms with Crippen molar-refractivity contribution in [1.29, 1.82) is 0 Å². The van der Waals surface area contributed by atoms with E-state index in [1.54, 1.807) is 0 Å². The molecule has 1 amide bonds. The first-order valence-corrected chi connectivity index (χ1v) is 6.36. The van der Waals surface area contributed by atoms with Gasteiger partial charge in [0.25, 0.3) is 5.69 Å².